The number of nitrogens with one attached hydrogen (secondary N) is 1. The molecule has 4 heteroatoms. The molecule has 0 heterocycles. The summed E-state index contributed by atoms with van der Waals surface area (Å²) in [6, 6.07) is -0.526. The number of hydrogen-bond acceptors (Lipinski definition) is 3. The highest BCUT2D eigenvalue weighted by atomic mass is 16.3. The van der Waals surface area contributed by atoms with Crippen molar-refractivity contribution in [2.24, 2.45) is 0 Å². The zero-order valence-electron chi connectivity index (χ0n) is 31.6. The third-order valence-electron chi connectivity index (χ3n) is 10.1. The fourth-order valence-electron chi connectivity index (χ4n) is 6.83. The quantitative estimate of drug-likeness (QED) is 0.0579. The first-order chi connectivity index (χ1) is 22.7. The van der Waals surface area contributed by atoms with Crippen molar-refractivity contribution in [3.63, 3.8) is 0 Å². The first-order valence-corrected chi connectivity index (χ1v) is 21.2. The van der Waals surface area contributed by atoms with Gasteiger partial charge in [0, 0.05) is 6.42 Å². The van der Waals surface area contributed by atoms with Crippen LogP contribution in [-0.2, 0) is 4.79 Å². The van der Waals surface area contributed by atoms with E-state index in [1.165, 1.54) is 193 Å². The molecule has 1 amide bonds. The normalized spacial score (nSPS) is 12.9. The Kier molecular flexibility index (Phi) is 38.3. The molecule has 0 rings (SSSR count). The number of rotatable bonds is 39. The molecule has 0 radical (unpaired) electrons. The smallest absolute Gasteiger partial charge is 0.220 e. The summed E-state index contributed by atoms with van der Waals surface area (Å²) in [4.78, 5) is 12.1. The standard InChI is InChI=1S/C42H85NO3/c1-3-5-7-9-10-11-12-13-14-15-16-17-18-19-20-21-22-23-24-25-26-27-28-29-30-31-32-34-35-37-41(45)40(39-44)43-42(46)38-36-33-8-6-4-2/h40-41,44-45H,3-39H2,1-2H3,(H,43,46). The van der Waals surface area contributed by atoms with Crippen LogP contribution in [0.2, 0.25) is 0 Å². The van der Waals surface area contributed by atoms with Crippen LogP contribution in [0.4, 0.5) is 0 Å². The van der Waals surface area contributed by atoms with Crippen LogP contribution in [0.5, 0.6) is 0 Å². The van der Waals surface area contributed by atoms with E-state index in [2.05, 4.69) is 19.2 Å². The molecule has 0 bridgehead atoms. The maximum atomic E-state index is 12.1. The molecule has 46 heavy (non-hydrogen) atoms. The summed E-state index contributed by atoms with van der Waals surface area (Å²) in [7, 11) is 0. The van der Waals surface area contributed by atoms with Crippen LogP contribution in [0.3, 0.4) is 0 Å². The highest BCUT2D eigenvalue weighted by Crippen LogP contribution is 2.17. The monoisotopic (exact) mass is 652 g/mol. The largest absolute Gasteiger partial charge is 0.394 e. The first kappa shape index (κ1) is 45.4. The van der Waals surface area contributed by atoms with Gasteiger partial charge in [-0.05, 0) is 12.8 Å². The molecule has 0 aromatic heterocycles. The molecule has 2 unspecified atom stereocenters. The van der Waals surface area contributed by atoms with Crippen LogP contribution < -0.4 is 5.32 Å². The minimum Gasteiger partial charge on any atom is -0.394 e. The Morgan fingerprint density at radius 2 is 0.696 bits per heavy atom. The first-order valence-electron chi connectivity index (χ1n) is 21.2. The number of amides is 1. The molecule has 0 fully saturated rings. The lowest BCUT2D eigenvalue weighted by atomic mass is 10.0. The van der Waals surface area contributed by atoms with E-state index in [1.807, 2.05) is 0 Å². The van der Waals surface area contributed by atoms with Crippen molar-refractivity contribution in [2.45, 2.75) is 257 Å². The molecule has 0 saturated carbocycles. The van der Waals surface area contributed by atoms with E-state index in [-0.39, 0.29) is 12.5 Å². The second-order valence-corrected chi connectivity index (χ2v) is 14.8. The van der Waals surface area contributed by atoms with Gasteiger partial charge in [0.05, 0.1) is 18.8 Å². The van der Waals surface area contributed by atoms with Gasteiger partial charge in [0.25, 0.3) is 0 Å². The molecule has 4 nitrogen and oxygen atoms in total. The number of hydrogen-bond donors (Lipinski definition) is 3. The Balaban J connectivity index is 3.30. The zero-order chi connectivity index (χ0) is 33.6. The predicted molar refractivity (Wildman–Crippen MR) is 203 cm³/mol. The molecule has 0 aliphatic rings. The Hall–Kier alpha value is -0.610. The summed E-state index contributed by atoms with van der Waals surface area (Å²) in [5.74, 6) is -0.0415. The molecule has 0 spiro atoms. The summed E-state index contributed by atoms with van der Waals surface area (Å²) in [5, 5.41) is 22.9. The molecule has 2 atom stereocenters. The average Bonchev–Trinajstić information content (AvgIpc) is 3.06. The van der Waals surface area contributed by atoms with E-state index in [0.29, 0.717) is 12.8 Å². The maximum Gasteiger partial charge on any atom is 0.220 e. The minimum atomic E-state index is -0.650. The Labute approximate surface area is 289 Å². The van der Waals surface area contributed by atoms with Crippen molar-refractivity contribution >= 4 is 5.91 Å². The van der Waals surface area contributed by atoms with E-state index < -0.39 is 12.1 Å². The molecule has 0 aliphatic carbocycles. The third-order valence-corrected chi connectivity index (χ3v) is 10.1. The van der Waals surface area contributed by atoms with Crippen LogP contribution in [0.1, 0.15) is 245 Å². The highest BCUT2D eigenvalue weighted by Gasteiger charge is 2.19. The number of carbonyl (C=O) groups is 1. The molecular formula is C42H85NO3. The Bertz CT molecular complexity index is 583. The van der Waals surface area contributed by atoms with Crippen molar-refractivity contribution < 1.29 is 15.0 Å². The van der Waals surface area contributed by atoms with Crippen LogP contribution in [0.25, 0.3) is 0 Å². The topological polar surface area (TPSA) is 69.6 Å². The SMILES string of the molecule is CCCCCCCCCCCCCCCCCCCCCCCCCCCCCCCC(O)C(CO)NC(=O)CCCCCCC. The molecular weight excluding hydrogens is 566 g/mol. The fourth-order valence-corrected chi connectivity index (χ4v) is 6.83. The van der Waals surface area contributed by atoms with Crippen LogP contribution in [-0.4, -0.2) is 34.9 Å². The molecule has 0 saturated heterocycles. The van der Waals surface area contributed by atoms with Gasteiger partial charge in [0.15, 0.2) is 0 Å². The Morgan fingerprint density at radius 3 is 0.978 bits per heavy atom. The van der Waals surface area contributed by atoms with Crippen molar-refractivity contribution in [3.8, 4) is 0 Å². The second kappa shape index (κ2) is 38.8. The van der Waals surface area contributed by atoms with E-state index in [1.54, 1.807) is 0 Å². The average molecular weight is 652 g/mol. The van der Waals surface area contributed by atoms with Gasteiger partial charge >= 0.3 is 0 Å². The lowest BCUT2D eigenvalue weighted by Crippen LogP contribution is -2.45. The number of unbranched alkanes of at least 4 members (excludes halogenated alkanes) is 32. The summed E-state index contributed by atoms with van der Waals surface area (Å²) in [5.41, 5.74) is 0. The number of aliphatic hydroxyl groups is 2. The molecule has 276 valence electrons. The van der Waals surface area contributed by atoms with Gasteiger partial charge in [0.2, 0.25) is 5.91 Å². The van der Waals surface area contributed by atoms with Gasteiger partial charge in [-0.25, -0.2) is 0 Å². The number of carbonyl (C=O) groups excluding carboxylic acids is 1. The van der Waals surface area contributed by atoms with Crippen LogP contribution >= 0.6 is 0 Å². The van der Waals surface area contributed by atoms with E-state index in [0.717, 1.165) is 25.7 Å². The second-order valence-electron chi connectivity index (χ2n) is 14.8. The van der Waals surface area contributed by atoms with Crippen molar-refractivity contribution in [3.05, 3.63) is 0 Å². The maximum absolute atomic E-state index is 12.1. The summed E-state index contributed by atoms with van der Waals surface area (Å²) in [6.45, 7) is 4.29. The van der Waals surface area contributed by atoms with Gasteiger partial charge in [-0.3, -0.25) is 4.79 Å². The number of aliphatic hydroxyl groups excluding tert-OH is 2. The van der Waals surface area contributed by atoms with Crippen LogP contribution in [0.15, 0.2) is 0 Å². The van der Waals surface area contributed by atoms with E-state index in [4.69, 9.17) is 0 Å². The lowest BCUT2D eigenvalue weighted by molar-refractivity contribution is -0.123. The summed E-state index contributed by atoms with van der Waals surface area (Å²) < 4.78 is 0. The molecule has 0 aromatic carbocycles. The highest BCUT2D eigenvalue weighted by molar-refractivity contribution is 5.76. The predicted octanol–water partition coefficient (Wildman–Crippen LogP) is 12.9. The fraction of sp³-hybridized carbons (Fsp3) is 0.976. The summed E-state index contributed by atoms with van der Waals surface area (Å²) in [6.07, 6.45) is 46.6. The zero-order valence-corrected chi connectivity index (χ0v) is 31.6. The summed E-state index contributed by atoms with van der Waals surface area (Å²) >= 11 is 0. The van der Waals surface area contributed by atoms with Gasteiger partial charge in [-0.15, -0.1) is 0 Å². The van der Waals surface area contributed by atoms with Gasteiger partial charge in [0.1, 0.15) is 0 Å². The third kappa shape index (κ3) is 34.7. The molecule has 0 aliphatic heterocycles. The van der Waals surface area contributed by atoms with Crippen molar-refractivity contribution in [1.82, 2.24) is 5.32 Å². The minimum absolute atomic E-state index is 0.0415. The van der Waals surface area contributed by atoms with Crippen molar-refractivity contribution in [1.29, 1.82) is 0 Å². The van der Waals surface area contributed by atoms with Gasteiger partial charge < -0.3 is 15.5 Å². The lowest BCUT2D eigenvalue weighted by Gasteiger charge is -2.22. The van der Waals surface area contributed by atoms with E-state index in [9.17, 15) is 15.0 Å². The van der Waals surface area contributed by atoms with Gasteiger partial charge in [-0.2, -0.15) is 0 Å². The Morgan fingerprint density at radius 1 is 0.435 bits per heavy atom. The molecule has 0 aromatic rings. The van der Waals surface area contributed by atoms with Gasteiger partial charge in [-0.1, -0.05) is 226 Å². The van der Waals surface area contributed by atoms with Crippen molar-refractivity contribution in [2.75, 3.05) is 6.61 Å². The molecule has 3 N–H and O–H groups in total. The van der Waals surface area contributed by atoms with E-state index >= 15 is 0 Å². The van der Waals surface area contributed by atoms with Crippen LogP contribution in [0, 0.1) is 0 Å².